The highest BCUT2D eigenvalue weighted by Gasteiger charge is 2.36. The highest BCUT2D eigenvalue weighted by atomic mass is 16.5. The number of hydrogen-bond acceptors (Lipinski definition) is 3. The van der Waals surface area contributed by atoms with Gasteiger partial charge in [0.25, 0.3) is 0 Å². The highest BCUT2D eigenvalue weighted by Crippen LogP contribution is 2.44. The van der Waals surface area contributed by atoms with Gasteiger partial charge in [-0.2, -0.15) is 0 Å². The van der Waals surface area contributed by atoms with E-state index < -0.39 is 0 Å². The Bertz CT molecular complexity index is 769. The van der Waals surface area contributed by atoms with Crippen molar-refractivity contribution in [2.45, 2.75) is 39.0 Å². The molecule has 3 heteroatoms. The van der Waals surface area contributed by atoms with Gasteiger partial charge in [-0.3, -0.25) is 4.79 Å². The number of hydrogen-bond donors (Lipinski definition) is 0. The predicted molar refractivity (Wildman–Crippen MR) is 90.4 cm³/mol. The van der Waals surface area contributed by atoms with Crippen LogP contribution in [0, 0.1) is 6.92 Å². The Hall–Kier alpha value is -2.29. The summed E-state index contributed by atoms with van der Waals surface area (Å²) in [6, 6.07) is 11.8. The largest absolute Gasteiger partial charge is 0.497 e. The summed E-state index contributed by atoms with van der Waals surface area (Å²) in [6.07, 6.45) is 0. The Balaban J connectivity index is 2.16. The van der Waals surface area contributed by atoms with Gasteiger partial charge in [0.1, 0.15) is 17.4 Å². The third-order valence-electron chi connectivity index (χ3n) is 4.35. The zero-order chi connectivity index (χ0) is 16.8. The first kappa shape index (κ1) is 15.6. The Morgan fingerprint density at radius 2 is 1.87 bits per heavy atom. The molecule has 1 heterocycles. The van der Waals surface area contributed by atoms with Crippen molar-refractivity contribution in [3.8, 4) is 11.5 Å². The molecule has 0 aliphatic carbocycles. The van der Waals surface area contributed by atoms with Crippen LogP contribution in [-0.2, 0) is 10.2 Å². The number of ether oxygens (including phenoxy) is 2. The Morgan fingerprint density at radius 3 is 2.52 bits per heavy atom. The van der Waals surface area contributed by atoms with Crippen molar-refractivity contribution in [3.05, 3.63) is 58.7 Å². The number of carbonyl (C=O) groups excluding carboxylic acids is 1. The SMILES string of the molecule is COc1cccc(C2C(=O)Oc3c(C)cc(C(C)(C)C)cc32)c1. The van der Waals surface area contributed by atoms with E-state index in [1.165, 1.54) is 5.56 Å². The molecule has 1 aliphatic rings. The van der Waals surface area contributed by atoms with Crippen molar-refractivity contribution in [1.82, 2.24) is 0 Å². The molecule has 120 valence electrons. The Morgan fingerprint density at radius 1 is 1.13 bits per heavy atom. The van der Waals surface area contributed by atoms with Crippen molar-refractivity contribution in [2.75, 3.05) is 7.11 Å². The lowest BCUT2D eigenvalue weighted by Crippen LogP contribution is -2.13. The average molecular weight is 310 g/mol. The van der Waals surface area contributed by atoms with Crippen LogP contribution in [0.3, 0.4) is 0 Å². The summed E-state index contributed by atoms with van der Waals surface area (Å²) in [5.74, 6) is 0.840. The van der Waals surface area contributed by atoms with Crippen LogP contribution in [-0.4, -0.2) is 13.1 Å². The fraction of sp³-hybridized carbons (Fsp3) is 0.350. The molecule has 3 rings (SSSR count). The van der Waals surface area contributed by atoms with Crippen LogP contribution in [0.5, 0.6) is 11.5 Å². The fourth-order valence-corrected chi connectivity index (χ4v) is 3.01. The maximum atomic E-state index is 12.5. The Labute approximate surface area is 137 Å². The summed E-state index contributed by atoms with van der Waals surface area (Å²) in [5.41, 5.74) is 4.09. The second-order valence-electron chi connectivity index (χ2n) is 7.09. The zero-order valence-corrected chi connectivity index (χ0v) is 14.3. The quantitative estimate of drug-likeness (QED) is 0.611. The van der Waals surface area contributed by atoms with E-state index in [1.807, 2.05) is 31.2 Å². The number of methoxy groups -OCH3 is 1. The lowest BCUT2D eigenvalue weighted by molar-refractivity contribution is -0.133. The number of rotatable bonds is 2. The van der Waals surface area contributed by atoms with E-state index in [2.05, 4.69) is 32.9 Å². The third-order valence-corrected chi connectivity index (χ3v) is 4.35. The van der Waals surface area contributed by atoms with Gasteiger partial charge in [-0.25, -0.2) is 0 Å². The van der Waals surface area contributed by atoms with Crippen LogP contribution in [0.4, 0.5) is 0 Å². The Kier molecular flexibility index (Phi) is 3.67. The van der Waals surface area contributed by atoms with E-state index >= 15 is 0 Å². The number of esters is 1. The molecule has 0 saturated heterocycles. The minimum Gasteiger partial charge on any atom is -0.497 e. The maximum Gasteiger partial charge on any atom is 0.323 e. The van der Waals surface area contributed by atoms with Crippen LogP contribution < -0.4 is 9.47 Å². The topological polar surface area (TPSA) is 35.5 Å². The summed E-state index contributed by atoms with van der Waals surface area (Å²) in [6.45, 7) is 8.51. The van der Waals surface area contributed by atoms with Crippen LogP contribution in [0.2, 0.25) is 0 Å². The summed E-state index contributed by atoms with van der Waals surface area (Å²) >= 11 is 0. The predicted octanol–water partition coefficient (Wildman–Crippen LogP) is 4.35. The summed E-state index contributed by atoms with van der Waals surface area (Å²) in [4.78, 5) is 12.5. The van der Waals surface area contributed by atoms with E-state index in [1.54, 1.807) is 7.11 Å². The minimum atomic E-state index is -0.388. The average Bonchev–Trinajstić information content (AvgIpc) is 2.83. The smallest absolute Gasteiger partial charge is 0.323 e. The van der Waals surface area contributed by atoms with E-state index in [9.17, 15) is 4.79 Å². The third kappa shape index (κ3) is 2.72. The molecule has 0 N–H and O–H groups in total. The number of fused-ring (bicyclic) bond motifs is 1. The first-order chi connectivity index (χ1) is 10.8. The van der Waals surface area contributed by atoms with E-state index in [0.29, 0.717) is 5.75 Å². The van der Waals surface area contributed by atoms with E-state index in [-0.39, 0.29) is 17.3 Å². The van der Waals surface area contributed by atoms with Gasteiger partial charge in [-0.05, 0) is 41.2 Å². The first-order valence-corrected chi connectivity index (χ1v) is 7.82. The number of benzene rings is 2. The molecule has 23 heavy (non-hydrogen) atoms. The molecule has 1 unspecified atom stereocenters. The summed E-state index contributed by atoms with van der Waals surface area (Å²) < 4.78 is 10.9. The minimum absolute atomic E-state index is 0.0182. The standard InChI is InChI=1S/C20H22O3/c1-12-9-14(20(2,3)4)11-16-17(19(21)23-18(12)16)13-7-6-8-15(10-13)22-5/h6-11,17H,1-5H3. The van der Waals surface area contributed by atoms with Crippen molar-refractivity contribution in [3.63, 3.8) is 0 Å². The molecule has 0 amide bonds. The zero-order valence-electron chi connectivity index (χ0n) is 14.3. The monoisotopic (exact) mass is 310 g/mol. The second-order valence-corrected chi connectivity index (χ2v) is 7.09. The fourth-order valence-electron chi connectivity index (χ4n) is 3.01. The molecule has 0 spiro atoms. The first-order valence-electron chi connectivity index (χ1n) is 7.82. The van der Waals surface area contributed by atoms with E-state index in [0.717, 1.165) is 22.4 Å². The molecular weight excluding hydrogens is 288 g/mol. The van der Waals surface area contributed by atoms with Crippen molar-refractivity contribution < 1.29 is 14.3 Å². The molecular formula is C20H22O3. The molecule has 2 aromatic rings. The lowest BCUT2D eigenvalue weighted by Gasteiger charge is -2.21. The summed E-state index contributed by atoms with van der Waals surface area (Å²) in [5, 5.41) is 0. The molecule has 0 fully saturated rings. The highest BCUT2D eigenvalue weighted by molar-refractivity contribution is 5.90. The van der Waals surface area contributed by atoms with Gasteiger partial charge in [0.15, 0.2) is 0 Å². The van der Waals surface area contributed by atoms with Gasteiger partial charge >= 0.3 is 5.97 Å². The molecule has 0 saturated carbocycles. The summed E-state index contributed by atoms with van der Waals surface area (Å²) in [7, 11) is 1.63. The molecule has 1 atom stereocenters. The van der Waals surface area contributed by atoms with Crippen molar-refractivity contribution in [2.24, 2.45) is 0 Å². The van der Waals surface area contributed by atoms with Crippen molar-refractivity contribution >= 4 is 5.97 Å². The normalized spacial score (nSPS) is 16.9. The molecule has 3 nitrogen and oxygen atoms in total. The van der Waals surface area contributed by atoms with Crippen LogP contribution in [0.1, 0.15) is 48.9 Å². The van der Waals surface area contributed by atoms with Gasteiger partial charge in [0.05, 0.1) is 7.11 Å². The second kappa shape index (κ2) is 5.41. The van der Waals surface area contributed by atoms with Gasteiger partial charge in [-0.15, -0.1) is 0 Å². The van der Waals surface area contributed by atoms with Crippen LogP contribution >= 0.6 is 0 Å². The van der Waals surface area contributed by atoms with Gasteiger partial charge in [0, 0.05) is 5.56 Å². The molecule has 0 radical (unpaired) electrons. The number of aryl methyl sites for hydroxylation is 1. The van der Waals surface area contributed by atoms with Gasteiger partial charge in [-0.1, -0.05) is 45.0 Å². The maximum absolute atomic E-state index is 12.5. The molecule has 0 bridgehead atoms. The van der Waals surface area contributed by atoms with Gasteiger partial charge < -0.3 is 9.47 Å². The molecule has 0 aromatic heterocycles. The number of carbonyl (C=O) groups is 1. The van der Waals surface area contributed by atoms with Crippen LogP contribution in [0.25, 0.3) is 0 Å². The van der Waals surface area contributed by atoms with Crippen LogP contribution in [0.15, 0.2) is 36.4 Å². The van der Waals surface area contributed by atoms with E-state index in [4.69, 9.17) is 9.47 Å². The lowest BCUT2D eigenvalue weighted by atomic mass is 9.82. The van der Waals surface area contributed by atoms with Gasteiger partial charge in [0.2, 0.25) is 0 Å². The molecule has 2 aromatic carbocycles. The van der Waals surface area contributed by atoms with Crippen molar-refractivity contribution in [1.29, 1.82) is 0 Å². The molecule has 1 aliphatic heterocycles.